The molecule has 0 bridgehead atoms. The van der Waals surface area contributed by atoms with Gasteiger partial charge in [-0.25, -0.2) is 0 Å². The zero-order valence-electron chi connectivity index (χ0n) is 38.2. The van der Waals surface area contributed by atoms with E-state index < -0.39 is 86.8 Å². The summed E-state index contributed by atoms with van der Waals surface area (Å²) in [5.74, 6) is -0.206. The molecule has 2 heterocycles. The standard InChI is InChI=1S/C47H91NO13/c1-3-5-7-9-11-13-15-16-17-18-19-20-21-23-25-27-29-31-39(52)48-35(36(51)30-28-26-24-22-14-12-10-8-6-4-2)34-58-46-44(57)42(55)45(38(33-50)60-46)61-47-43(56)41(54)40(53)37(32-49)59-47/h35-38,40-47,49-51,53-57H,3-34H2,1-2H3,(H,48,52). The Labute approximate surface area is 368 Å². The predicted molar refractivity (Wildman–Crippen MR) is 236 cm³/mol. The first-order valence-electron chi connectivity index (χ1n) is 24.8. The Bertz CT molecular complexity index is 1040. The van der Waals surface area contributed by atoms with Gasteiger partial charge >= 0.3 is 0 Å². The maximum Gasteiger partial charge on any atom is 0.220 e. The van der Waals surface area contributed by atoms with E-state index in [1.54, 1.807) is 0 Å². The van der Waals surface area contributed by atoms with Crippen molar-refractivity contribution in [1.82, 2.24) is 5.32 Å². The van der Waals surface area contributed by atoms with Crippen molar-refractivity contribution < 1.29 is 64.6 Å². The lowest BCUT2D eigenvalue weighted by Gasteiger charge is -2.46. The van der Waals surface area contributed by atoms with Gasteiger partial charge in [0.25, 0.3) is 0 Å². The van der Waals surface area contributed by atoms with Gasteiger partial charge in [0.05, 0.1) is 32.0 Å². The van der Waals surface area contributed by atoms with Crippen LogP contribution in [0.1, 0.15) is 200 Å². The molecule has 2 rings (SSSR count). The van der Waals surface area contributed by atoms with E-state index in [0.717, 1.165) is 51.4 Å². The number of rotatable bonds is 38. The maximum absolute atomic E-state index is 13.1. The average Bonchev–Trinajstić information content (AvgIpc) is 3.26. The molecule has 0 aliphatic carbocycles. The first kappa shape index (κ1) is 56.1. The topological polar surface area (TPSA) is 228 Å². The second-order valence-corrected chi connectivity index (χ2v) is 18.0. The van der Waals surface area contributed by atoms with Crippen LogP contribution in [0.4, 0.5) is 0 Å². The third-order valence-electron chi connectivity index (χ3n) is 12.6. The second kappa shape index (κ2) is 35.3. The molecule has 12 atom stereocenters. The molecule has 61 heavy (non-hydrogen) atoms. The van der Waals surface area contributed by atoms with Crippen LogP contribution in [0.15, 0.2) is 0 Å². The first-order valence-corrected chi connectivity index (χ1v) is 24.8. The zero-order valence-corrected chi connectivity index (χ0v) is 38.2. The van der Waals surface area contributed by atoms with E-state index in [9.17, 15) is 45.6 Å². The van der Waals surface area contributed by atoms with Crippen LogP contribution in [0.3, 0.4) is 0 Å². The Morgan fingerprint density at radius 1 is 0.525 bits per heavy atom. The molecular formula is C47H91NO13. The summed E-state index contributed by atoms with van der Waals surface area (Å²) in [6, 6.07) is -0.819. The Morgan fingerprint density at radius 3 is 1.39 bits per heavy atom. The number of hydrogen-bond acceptors (Lipinski definition) is 13. The highest BCUT2D eigenvalue weighted by Gasteiger charge is 2.51. The lowest BCUT2D eigenvalue weighted by atomic mass is 9.97. The number of ether oxygens (including phenoxy) is 4. The lowest BCUT2D eigenvalue weighted by molar-refractivity contribution is -0.359. The van der Waals surface area contributed by atoms with Gasteiger partial charge in [0, 0.05) is 6.42 Å². The van der Waals surface area contributed by atoms with Crippen LogP contribution < -0.4 is 5.32 Å². The molecule has 362 valence electrons. The molecule has 14 nitrogen and oxygen atoms in total. The summed E-state index contributed by atoms with van der Waals surface area (Å²) in [5.41, 5.74) is 0. The van der Waals surface area contributed by atoms with Crippen molar-refractivity contribution in [3.05, 3.63) is 0 Å². The summed E-state index contributed by atoms with van der Waals surface area (Å²) in [7, 11) is 0. The molecule has 0 spiro atoms. The van der Waals surface area contributed by atoms with Crippen LogP contribution in [0.25, 0.3) is 0 Å². The van der Waals surface area contributed by atoms with Crippen LogP contribution in [0, 0.1) is 0 Å². The van der Waals surface area contributed by atoms with Gasteiger partial charge in [0.2, 0.25) is 5.91 Å². The van der Waals surface area contributed by atoms with Crippen LogP contribution >= 0.6 is 0 Å². The van der Waals surface area contributed by atoms with E-state index in [0.29, 0.717) is 12.8 Å². The highest BCUT2D eigenvalue weighted by Crippen LogP contribution is 2.30. The van der Waals surface area contributed by atoms with Crippen molar-refractivity contribution in [2.75, 3.05) is 19.8 Å². The molecule has 2 saturated heterocycles. The number of carbonyl (C=O) groups is 1. The van der Waals surface area contributed by atoms with Gasteiger partial charge in [-0.2, -0.15) is 0 Å². The smallest absolute Gasteiger partial charge is 0.220 e. The van der Waals surface area contributed by atoms with Gasteiger partial charge in [-0.1, -0.05) is 181 Å². The van der Waals surface area contributed by atoms with Crippen LogP contribution in [0.2, 0.25) is 0 Å². The molecule has 9 N–H and O–H groups in total. The van der Waals surface area contributed by atoms with Crippen molar-refractivity contribution in [1.29, 1.82) is 0 Å². The minimum atomic E-state index is -1.78. The van der Waals surface area contributed by atoms with Crippen molar-refractivity contribution in [2.24, 2.45) is 0 Å². The number of nitrogens with one attached hydrogen (secondary N) is 1. The van der Waals surface area contributed by atoms with E-state index in [1.807, 2.05) is 0 Å². The van der Waals surface area contributed by atoms with Crippen LogP contribution in [0.5, 0.6) is 0 Å². The third kappa shape index (κ3) is 23.1. The van der Waals surface area contributed by atoms with Gasteiger partial charge in [-0.05, 0) is 12.8 Å². The Hall–Kier alpha value is -1.01. The monoisotopic (exact) mass is 878 g/mol. The van der Waals surface area contributed by atoms with Crippen molar-refractivity contribution >= 4 is 5.91 Å². The minimum absolute atomic E-state index is 0.206. The molecular weight excluding hydrogens is 787 g/mol. The number of aliphatic hydroxyl groups is 8. The highest BCUT2D eigenvalue weighted by molar-refractivity contribution is 5.76. The normalized spacial score (nSPS) is 27.9. The van der Waals surface area contributed by atoms with E-state index in [2.05, 4.69) is 19.2 Å². The number of hydrogen-bond donors (Lipinski definition) is 9. The van der Waals surface area contributed by atoms with E-state index in [1.165, 1.54) is 122 Å². The molecule has 0 aromatic heterocycles. The third-order valence-corrected chi connectivity index (χ3v) is 12.6. The van der Waals surface area contributed by atoms with E-state index in [4.69, 9.17) is 18.9 Å². The summed E-state index contributed by atoms with van der Waals surface area (Å²) in [5, 5.41) is 86.7. The lowest BCUT2D eigenvalue weighted by Crippen LogP contribution is -2.65. The summed E-state index contributed by atoms with van der Waals surface area (Å²) < 4.78 is 22.7. The van der Waals surface area contributed by atoms with Gasteiger partial charge < -0.3 is 65.1 Å². The summed E-state index contributed by atoms with van der Waals surface area (Å²) >= 11 is 0. The first-order chi connectivity index (χ1) is 29.6. The van der Waals surface area contributed by atoms with Crippen molar-refractivity contribution in [2.45, 2.75) is 274 Å². The quantitative estimate of drug-likeness (QED) is 0.0334. The van der Waals surface area contributed by atoms with Crippen molar-refractivity contribution in [3.8, 4) is 0 Å². The Balaban J connectivity index is 1.81. The highest BCUT2D eigenvalue weighted by atomic mass is 16.7. The molecule has 12 unspecified atom stereocenters. The van der Waals surface area contributed by atoms with Crippen molar-refractivity contribution in [3.63, 3.8) is 0 Å². The number of carbonyl (C=O) groups excluding carboxylic acids is 1. The second-order valence-electron chi connectivity index (χ2n) is 18.0. The fourth-order valence-electron chi connectivity index (χ4n) is 8.47. The predicted octanol–water partition coefficient (Wildman–Crippen LogP) is 5.83. The molecule has 0 aromatic carbocycles. The fraction of sp³-hybridized carbons (Fsp3) is 0.979. The number of amides is 1. The molecule has 2 fully saturated rings. The Kier molecular flexibility index (Phi) is 32.5. The van der Waals surface area contributed by atoms with Crippen LogP contribution in [-0.4, -0.2) is 140 Å². The minimum Gasteiger partial charge on any atom is -0.394 e. The summed E-state index contributed by atoms with van der Waals surface area (Å²) in [6.07, 6.45) is 16.8. The largest absolute Gasteiger partial charge is 0.394 e. The summed E-state index contributed by atoms with van der Waals surface area (Å²) in [6.45, 7) is 2.84. The molecule has 2 aliphatic rings. The Morgan fingerprint density at radius 2 is 0.934 bits per heavy atom. The molecule has 14 heteroatoms. The SMILES string of the molecule is CCCCCCCCCCCCCCCCCCCC(=O)NC(COC1OC(CO)C(OC2OC(CO)C(O)C(O)C2O)C(O)C1O)C(O)CCCCCCCCCCCC. The molecule has 1 amide bonds. The molecule has 0 saturated carbocycles. The van der Waals surface area contributed by atoms with Crippen LogP contribution in [-0.2, 0) is 23.7 Å². The van der Waals surface area contributed by atoms with Gasteiger partial charge in [0.1, 0.15) is 48.8 Å². The maximum atomic E-state index is 13.1. The molecule has 0 radical (unpaired) electrons. The van der Waals surface area contributed by atoms with Gasteiger partial charge in [-0.15, -0.1) is 0 Å². The number of aliphatic hydroxyl groups excluding tert-OH is 8. The van der Waals surface area contributed by atoms with Gasteiger partial charge in [0.15, 0.2) is 12.6 Å². The van der Waals surface area contributed by atoms with Gasteiger partial charge in [-0.3, -0.25) is 4.79 Å². The molecule has 2 aliphatic heterocycles. The average molecular weight is 878 g/mol. The molecule has 0 aromatic rings. The van der Waals surface area contributed by atoms with E-state index >= 15 is 0 Å². The van der Waals surface area contributed by atoms with E-state index in [-0.39, 0.29) is 12.5 Å². The fourth-order valence-corrected chi connectivity index (χ4v) is 8.47. The summed E-state index contributed by atoms with van der Waals surface area (Å²) in [4.78, 5) is 13.1. The zero-order chi connectivity index (χ0) is 44.7. The number of unbranched alkanes of at least 4 members (excludes halogenated alkanes) is 25.